The highest BCUT2D eigenvalue weighted by molar-refractivity contribution is 5.05. The minimum atomic E-state index is -4.35. The summed E-state index contributed by atoms with van der Waals surface area (Å²) in [6.07, 6.45) is -4.29. The van der Waals surface area contributed by atoms with Gasteiger partial charge in [-0.15, -0.1) is 0 Å². The van der Waals surface area contributed by atoms with E-state index in [9.17, 15) is 18.3 Å². The van der Waals surface area contributed by atoms with Gasteiger partial charge >= 0.3 is 6.18 Å². The van der Waals surface area contributed by atoms with Gasteiger partial charge in [-0.05, 0) is 26.3 Å². The van der Waals surface area contributed by atoms with Crippen LogP contribution in [0.25, 0.3) is 0 Å². The number of alkyl halides is 3. The Balaban J connectivity index is 3.05. The quantitative estimate of drug-likeness (QED) is 0.728. The summed E-state index contributed by atoms with van der Waals surface area (Å²) in [5.74, 6) is 0. The molecule has 0 aromatic heterocycles. The van der Waals surface area contributed by atoms with Crippen molar-refractivity contribution in [2.75, 3.05) is 13.1 Å². The number of hydrogen-bond donors (Lipinski definition) is 2. The summed E-state index contributed by atoms with van der Waals surface area (Å²) >= 11 is 0. The minimum absolute atomic E-state index is 0.0443. The molecule has 1 fully saturated rings. The van der Waals surface area contributed by atoms with E-state index >= 15 is 0 Å². The van der Waals surface area contributed by atoms with E-state index in [4.69, 9.17) is 0 Å². The van der Waals surface area contributed by atoms with Crippen molar-refractivity contribution in [1.29, 1.82) is 0 Å². The highest BCUT2D eigenvalue weighted by Gasteiger charge is 2.64. The third kappa shape index (κ3) is 1.52. The van der Waals surface area contributed by atoms with E-state index in [1.54, 1.807) is 6.92 Å². The van der Waals surface area contributed by atoms with Gasteiger partial charge in [-0.1, -0.05) is 6.92 Å². The zero-order valence-corrected chi connectivity index (χ0v) is 8.41. The standard InChI is InChI=1S/C9H16F3NO/c1-3-7(2,14)8(9(10,11)12)4-5-13-6-8/h13-14H,3-6H2,1-2H3. The van der Waals surface area contributed by atoms with E-state index in [0.717, 1.165) is 0 Å². The number of halogens is 3. The SMILES string of the molecule is CCC(C)(O)C1(C(F)(F)F)CCNC1. The fraction of sp³-hybridized carbons (Fsp3) is 1.00. The Hall–Kier alpha value is -0.290. The molecule has 2 N–H and O–H groups in total. The Kier molecular flexibility index (Phi) is 2.84. The summed E-state index contributed by atoms with van der Waals surface area (Å²) < 4.78 is 38.7. The molecule has 0 aliphatic carbocycles. The van der Waals surface area contributed by atoms with Gasteiger partial charge in [0.15, 0.2) is 0 Å². The molecular weight excluding hydrogens is 195 g/mol. The van der Waals surface area contributed by atoms with Gasteiger partial charge in [-0.25, -0.2) is 0 Å². The van der Waals surface area contributed by atoms with Gasteiger partial charge in [0.25, 0.3) is 0 Å². The van der Waals surface area contributed by atoms with Crippen molar-refractivity contribution in [2.45, 2.75) is 38.5 Å². The smallest absolute Gasteiger partial charge is 0.389 e. The van der Waals surface area contributed by atoms with Crippen LogP contribution < -0.4 is 5.32 Å². The Morgan fingerprint density at radius 1 is 1.43 bits per heavy atom. The number of aliphatic hydroxyl groups is 1. The maximum absolute atomic E-state index is 12.9. The first-order valence-corrected chi connectivity index (χ1v) is 4.77. The van der Waals surface area contributed by atoms with Crippen molar-refractivity contribution in [2.24, 2.45) is 5.41 Å². The largest absolute Gasteiger partial charge is 0.398 e. The zero-order valence-electron chi connectivity index (χ0n) is 8.41. The monoisotopic (exact) mass is 211 g/mol. The Labute approximate surface area is 81.5 Å². The molecule has 0 aromatic carbocycles. The highest BCUT2D eigenvalue weighted by atomic mass is 19.4. The molecular formula is C9H16F3NO. The summed E-state index contributed by atoms with van der Waals surface area (Å²) in [5, 5.41) is 12.5. The van der Waals surface area contributed by atoms with E-state index < -0.39 is 17.2 Å². The summed E-state index contributed by atoms with van der Waals surface area (Å²) in [4.78, 5) is 0. The van der Waals surface area contributed by atoms with E-state index in [1.165, 1.54) is 6.92 Å². The molecule has 0 bridgehead atoms. The second-order valence-electron chi connectivity index (χ2n) is 4.13. The second kappa shape index (κ2) is 3.38. The molecule has 14 heavy (non-hydrogen) atoms. The predicted molar refractivity (Wildman–Crippen MR) is 46.9 cm³/mol. The third-order valence-electron chi connectivity index (χ3n) is 3.42. The van der Waals surface area contributed by atoms with E-state index in [1.807, 2.05) is 0 Å². The molecule has 2 nitrogen and oxygen atoms in total. The van der Waals surface area contributed by atoms with Crippen molar-refractivity contribution in [3.63, 3.8) is 0 Å². The van der Waals surface area contributed by atoms with Gasteiger partial charge in [-0.2, -0.15) is 13.2 Å². The molecule has 1 aliphatic heterocycles. The summed E-state index contributed by atoms with van der Waals surface area (Å²) in [5.41, 5.74) is -3.66. The highest BCUT2D eigenvalue weighted by Crippen LogP contribution is 2.51. The van der Waals surface area contributed by atoms with Crippen molar-refractivity contribution >= 4 is 0 Å². The van der Waals surface area contributed by atoms with Gasteiger partial charge in [-0.3, -0.25) is 0 Å². The number of nitrogens with one attached hydrogen (secondary N) is 1. The van der Waals surface area contributed by atoms with Crippen LogP contribution in [0.4, 0.5) is 13.2 Å². The second-order valence-corrected chi connectivity index (χ2v) is 4.13. The summed E-state index contributed by atoms with van der Waals surface area (Å²) in [6.45, 7) is 2.98. The van der Waals surface area contributed by atoms with Crippen LogP contribution in [0.1, 0.15) is 26.7 Å². The molecule has 2 unspecified atom stereocenters. The lowest BCUT2D eigenvalue weighted by molar-refractivity contribution is -0.274. The van der Waals surface area contributed by atoms with Crippen LogP contribution in [0.15, 0.2) is 0 Å². The van der Waals surface area contributed by atoms with Gasteiger partial charge < -0.3 is 10.4 Å². The van der Waals surface area contributed by atoms with Crippen LogP contribution in [0.2, 0.25) is 0 Å². The first-order chi connectivity index (χ1) is 6.27. The van der Waals surface area contributed by atoms with Crippen LogP contribution in [0.5, 0.6) is 0 Å². The predicted octanol–water partition coefficient (Wildman–Crippen LogP) is 1.69. The Morgan fingerprint density at radius 2 is 2.00 bits per heavy atom. The molecule has 0 aromatic rings. The molecule has 0 radical (unpaired) electrons. The first kappa shape index (κ1) is 11.8. The van der Waals surface area contributed by atoms with Crippen molar-refractivity contribution in [1.82, 2.24) is 5.32 Å². The lowest BCUT2D eigenvalue weighted by Gasteiger charge is -2.42. The minimum Gasteiger partial charge on any atom is -0.389 e. The van der Waals surface area contributed by atoms with Crippen molar-refractivity contribution in [3.05, 3.63) is 0 Å². The lowest BCUT2D eigenvalue weighted by Crippen LogP contribution is -2.56. The lowest BCUT2D eigenvalue weighted by atomic mass is 9.70. The van der Waals surface area contributed by atoms with Crippen LogP contribution in [0, 0.1) is 5.41 Å². The maximum atomic E-state index is 12.9. The van der Waals surface area contributed by atoms with E-state index in [2.05, 4.69) is 5.32 Å². The van der Waals surface area contributed by atoms with Crippen LogP contribution in [-0.4, -0.2) is 30.0 Å². The van der Waals surface area contributed by atoms with E-state index in [0.29, 0.717) is 6.54 Å². The Morgan fingerprint density at radius 3 is 2.29 bits per heavy atom. The first-order valence-electron chi connectivity index (χ1n) is 4.77. The summed E-state index contributed by atoms with van der Waals surface area (Å²) in [7, 11) is 0. The average molecular weight is 211 g/mol. The molecule has 1 heterocycles. The molecule has 5 heteroatoms. The van der Waals surface area contributed by atoms with E-state index in [-0.39, 0.29) is 19.4 Å². The molecule has 0 spiro atoms. The molecule has 0 amide bonds. The maximum Gasteiger partial charge on any atom is 0.398 e. The molecule has 1 saturated heterocycles. The van der Waals surface area contributed by atoms with Crippen molar-refractivity contribution < 1.29 is 18.3 Å². The number of hydrogen-bond acceptors (Lipinski definition) is 2. The molecule has 84 valence electrons. The van der Waals surface area contributed by atoms with Crippen LogP contribution in [0.3, 0.4) is 0 Å². The molecule has 2 atom stereocenters. The number of rotatable bonds is 2. The van der Waals surface area contributed by atoms with Crippen molar-refractivity contribution in [3.8, 4) is 0 Å². The average Bonchev–Trinajstić information content (AvgIpc) is 2.52. The normalized spacial score (nSPS) is 33.0. The topological polar surface area (TPSA) is 32.3 Å². The Bertz CT molecular complexity index is 207. The fourth-order valence-electron chi connectivity index (χ4n) is 2.04. The molecule has 0 saturated carbocycles. The van der Waals surface area contributed by atoms with Gasteiger partial charge in [0, 0.05) is 6.54 Å². The van der Waals surface area contributed by atoms with Crippen LogP contribution >= 0.6 is 0 Å². The molecule has 1 rings (SSSR count). The fourth-order valence-corrected chi connectivity index (χ4v) is 2.04. The third-order valence-corrected chi connectivity index (χ3v) is 3.42. The van der Waals surface area contributed by atoms with Gasteiger partial charge in [0.1, 0.15) is 5.41 Å². The van der Waals surface area contributed by atoms with Gasteiger partial charge in [0.05, 0.1) is 5.60 Å². The molecule has 1 aliphatic rings. The zero-order chi connectivity index (χ0) is 11.0. The summed E-state index contributed by atoms with van der Waals surface area (Å²) in [6, 6.07) is 0. The van der Waals surface area contributed by atoms with Gasteiger partial charge in [0.2, 0.25) is 0 Å². The van der Waals surface area contributed by atoms with Crippen LogP contribution in [-0.2, 0) is 0 Å².